The van der Waals surface area contributed by atoms with E-state index in [1.165, 1.54) is 6.92 Å². The van der Waals surface area contributed by atoms with Crippen LogP contribution in [0.4, 0.5) is 0 Å². The predicted octanol–water partition coefficient (Wildman–Crippen LogP) is 4.83. The number of hydrogen-bond donors (Lipinski definition) is 0. The number of rotatable bonds is 6. The zero-order valence-electron chi connectivity index (χ0n) is 14.5. The van der Waals surface area contributed by atoms with Gasteiger partial charge in [-0.15, -0.1) is 11.8 Å². The molecule has 1 aromatic heterocycles. The fourth-order valence-electron chi connectivity index (χ4n) is 2.55. The van der Waals surface area contributed by atoms with E-state index in [1.54, 1.807) is 36.9 Å². The number of thioether (sulfide) groups is 1. The minimum atomic E-state index is -0.449. The van der Waals surface area contributed by atoms with Crippen LogP contribution in [0.1, 0.15) is 30.0 Å². The van der Waals surface area contributed by atoms with Crippen molar-refractivity contribution in [1.82, 2.24) is 0 Å². The molecule has 6 heteroatoms. The smallest absolute Gasteiger partial charge is 0.342 e. The molecule has 0 atom stereocenters. The minimum Gasteiger partial charge on any atom is -0.462 e. The van der Waals surface area contributed by atoms with E-state index in [1.807, 2.05) is 30.3 Å². The summed E-state index contributed by atoms with van der Waals surface area (Å²) in [5.74, 6) is 0.501. The topological polar surface area (TPSA) is 65.7 Å². The van der Waals surface area contributed by atoms with Crippen LogP contribution >= 0.6 is 11.8 Å². The fraction of sp³-hybridized carbons (Fsp3) is 0.200. The van der Waals surface area contributed by atoms with Gasteiger partial charge in [0.05, 0.1) is 12.4 Å². The van der Waals surface area contributed by atoms with Crippen LogP contribution in [0.5, 0.6) is 5.75 Å². The molecule has 0 radical (unpaired) electrons. The molecule has 0 N–H and O–H groups in total. The maximum atomic E-state index is 12.5. The van der Waals surface area contributed by atoms with Crippen LogP contribution in [0.15, 0.2) is 57.8 Å². The van der Waals surface area contributed by atoms with E-state index in [9.17, 15) is 9.59 Å². The van der Waals surface area contributed by atoms with Gasteiger partial charge < -0.3 is 13.9 Å². The van der Waals surface area contributed by atoms with Crippen LogP contribution < -0.4 is 4.74 Å². The van der Waals surface area contributed by atoms with Crippen molar-refractivity contribution in [3.63, 3.8) is 0 Å². The molecule has 0 bridgehead atoms. The van der Waals surface area contributed by atoms with Crippen LogP contribution in [-0.4, -0.2) is 18.5 Å². The van der Waals surface area contributed by atoms with Gasteiger partial charge in [-0.25, -0.2) is 4.79 Å². The highest BCUT2D eigenvalue weighted by molar-refractivity contribution is 7.98. The Morgan fingerprint density at radius 3 is 2.58 bits per heavy atom. The first-order valence-corrected chi connectivity index (χ1v) is 9.16. The molecular weight excluding hydrogens is 352 g/mol. The molecule has 5 nitrogen and oxygen atoms in total. The van der Waals surface area contributed by atoms with Gasteiger partial charge in [-0.3, -0.25) is 4.79 Å². The highest BCUT2D eigenvalue weighted by Crippen LogP contribution is 2.33. The van der Waals surface area contributed by atoms with Gasteiger partial charge in [-0.1, -0.05) is 18.2 Å². The average Bonchev–Trinajstić information content (AvgIpc) is 2.98. The lowest BCUT2D eigenvalue weighted by atomic mass is 10.1. The van der Waals surface area contributed by atoms with Crippen molar-refractivity contribution in [2.45, 2.75) is 24.5 Å². The van der Waals surface area contributed by atoms with Crippen molar-refractivity contribution in [2.75, 3.05) is 6.61 Å². The number of ether oxygens (including phenoxy) is 2. The molecule has 0 fully saturated rings. The monoisotopic (exact) mass is 370 g/mol. The third-order valence-electron chi connectivity index (χ3n) is 3.59. The van der Waals surface area contributed by atoms with Crippen molar-refractivity contribution in [3.05, 3.63) is 59.9 Å². The Morgan fingerprint density at radius 1 is 1.12 bits per heavy atom. The Bertz CT molecular complexity index is 930. The lowest BCUT2D eigenvalue weighted by molar-refractivity contribution is -0.131. The molecule has 0 spiro atoms. The Balaban J connectivity index is 1.98. The van der Waals surface area contributed by atoms with Crippen LogP contribution in [0.3, 0.4) is 0 Å². The van der Waals surface area contributed by atoms with Gasteiger partial charge >= 0.3 is 11.9 Å². The number of carbonyl (C=O) groups excluding carboxylic acids is 2. The zero-order valence-corrected chi connectivity index (χ0v) is 15.3. The van der Waals surface area contributed by atoms with Gasteiger partial charge in [-0.2, -0.15) is 0 Å². The minimum absolute atomic E-state index is 0.264. The van der Waals surface area contributed by atoms with Gasteiger partial charge in [0.15, 0.2) is 0 Å². The van der Waals surface area contributed by atoms with Crippen molar-refractivity contribution in [3.8, 4) is 5.75 Å². The van der Waals surface area contributed by atoms with Crippen LogP contribution in [0.25, 0.3) is 11.0 Å². The summed E-state index contributed by atoms with van der Waals surface area (Å²) in [5.41, 5.74) is 0.923. The molecule has 134 valence electrons. The molecular formula is C20H18O5S. The van der Waals surface area contributed by atoms with Gasteiger partial charge in [0.2, 0.25) is 0 Å². The molecule has 0 saturated carbocycles. The Labute approximate surface area is 155 Å². The van der Waals surface area contributed by atoms with E-state index in [2.05, 4.69) is 0 Å². The first-order valence-electron chi connectivity index (χ1n) is 8.17. The largest absolute Gasteiger partial charge is 0.462 e. The molecule has 2 aromatic carbocycles. The predicted molar refractivity (Wildman–Crippen MR) is 99.5 cm³/mol. The number of fused-ring (bicyclic) bond motifs is 1. The molecule has 0 amide bonds. The maximum Gasteiger partial charge on any atom is 0.342 e. The van der Waals surface area contributed by atoms with Gasteiger partial charge in [-0.05, 0) is 37.3 Å². The molecule has 0 unspecified atom stereocenters. The lowest BCUT2D eigenvalue weighted by Crippen LogP contribution is -2.06. The third kappa shape index (κ3) is 4.08. The van der Waals surface area contributed by atoms with Crippen molar-refractivity contribution in [2.24, 2.45) is 0 Å². The molecule has 26 heavy (non-hydrogen) atoms. The Kier molecular flexibility index (Phi) is 5.63. The van der Waals surface area contributed by atoms with E-state index in [0.717, 1.165) is 4.90 Å². The molecule has 1 heterocycles. The molecule has 0 aliphatic rings. The van der Waals surface area contributed by atoms with Gasteiger partial charge in [0.25, 0.3) is 0 Å². The number of hydrogen-bond acceptors (Lipinski definition) is 6. The van der Waals surface area contributed by atoms with E-state index in [4.69, 9.17) is 13.9 Å². The second-order valence-corrected chi connectivity index (χ2v) is 6.52. The summed E-state index contributed by atoms with van der Waals surface area (Å²) in [4.78, 5) is 24.8. The summed E-state index contributed by atoms with van der Waals surface area (Å²) in [7, 11) is 0. The number of benzene rings is 2. The standard InChI is InChI=1S/C20H18O5S/c1-3-23-20(22)19-16-11-14(24-13(2)21)9-10-17(16)25-18(19)12-26-15-7-5-4-6-8-15/h4-11H,3,12H2,1-2H3. The summed E-state index contributed by atoms with van der Waals surface area (Å²) in [6.07, 6.45) is 0. The van der Waals surface area contributed by atoms with Crippen LogP contribution in [0.2, 0.25) is 0 Å². The van der Waals surface area contributed by atoms with Crippen LogP contribution in [-0.2, 0) is 15.3 Å². The number of esters is 2. The maximum absolute atomic E-state index is 12.5. The van der Waals surface area contributed by atoms with E-state index in [-0.39, 0.29) is 6.61 Å². The van der Waals surface area contributed by atoms with Crippen molar-refractivity contribution >= 4 is 34.7 Å². The summed E-state index contributed by atoms with van der Waals surface area (Å²) < 4.78 is 16.2. The first-order chi connectivity index (χ1) is 12.6. The second kappa shape index (κ2) is 8.10. The lowest BCUT2D eigenvalue weighted by Gasteiger charge is -2.04. The summed E-state index contributed by atoms with van der Waals surface area (Å²) in [6, 6.07) is 14.8. The zero-order chi connectivity index (χ0) is 18.5. The second-order valence-electron chi connectivity index (χ2n) is 5.47. The normalized spacial score (nSPS) is 10.7. The average molecular weight is 370 g/mol. The van der Waals surface area contributed by atoms with Crippen molar-refractivity contribution < 1.29 is 23.5 Å². The highest BCUT2D eigenvalue weighted by Gasteiger charge is 2.22. The SMILES string of the molecule is CCOC(=O)c1c(CSc2ccccc2)oc2ccc(OC(C)=O)cc12. The van der Waals surface area contributed by atoms with Crippen LogP contribution in [0, 0.1) is 0 Å². The number of furan rings is 1. The van der Waals surface area contributed by atoms with Gasteiger partial charge in [0.1, 0.15) is 22.7 Å². The fourth-order valence-corrected chi connectivity index (χ4v) is 3.40. The summed E-state index contributed by atoms with van der Waals surface area (Å²) in [5, 5.41) is 0.575. The summed E-state index contributed by atoms with van der Waals surface area (Å²) >= 11 is 1.57. The Hall–Kier alpha value is -2.73. The first kappa shape index (κ1) is 18.1. The highest BCUT2D eigenvalue weighted by atomic mass is 32.2. The molecule has 0 aliphatic carbocycles. The van der Waals surface area contributed by atoms with E-state index < -0.39 is 11.9 Å². The summed E-state index contributed by atoms with van der Waals surface area (Å²) in [6.45, 7) is 3.34. The molecule has 0 aliphatic heterocycles. The molecule has 3 rings (SSSR count). The van der Waals surface area contributed by atoms with E-state index >= 15 is 0 Å². The Morgan fingerprint density at radius 2 is 1.88 bits per heavy atom. The van der Waals surface area contributed by atoms with E-state index in [0.29, 0.717) is 33.8 Å². The van der Waals surface area contributed by atoms with Gasteiger partial charge in [0, 0.05) is 17.2 Å². The quantitative estimate of drug-likeness (QED) is 0.352. The number of carbonyl (C=O) groups is 2. The van der Waals surface area contributed by atoms with Crippen molar-refractivity contribution in [1.29, 1.82) is 0 Å². The molecule has 0 saturated heterocycles. The molecule has 3 aromatic rings. The third-order valence-corrected chi connectivity index (χ3v) is 4.60.